The van der Waals surface area contributed by atoms with Gasteiger partial charge in [-0.15, -0.1) is 0 Å². The van der Waals surface area contributed by atoms with E-state index >= 15 is 0 Å². The molecule has 0 aromatic heterocycles. The van der Waals surface area contributed by atoms with Gasteiger partial charge in [-0.2, -0.15) is 0 Å². The lowest BCUT2D eigenvalue weighted by Crippen LogP contribution is -2.39. The average Bonchev–Trinajstić information content (AvgIpc) is 2.97. The van der Waals surface area contributed by atoms with Crippen LogP contribution in [0.25, 0.3) is 0 Å². The summed E-state index contributed by atoms with van der Waals surface area (Å²) in [6.45, 7) is 13.1. The Hall–Kier alpha value is -0.610. The van der Waals surface area contributed by atoms with Crippen molar-refractivity contribution in [2.75, 3.05) is 26.2 Å². The molecule has 2 saturated heterocycles. The maximum Gasteiger partial charge on any atom is 0.241 e. The fourth-order valence-corrected chi connectivity index (χ4v) is 3.31. The lowest BCUT2D eigenvalue weighted by Gasteiger charge is -2.24. The largest absolute Gasteiger partial charge is 0.326 e. The number of nitrogens with zero attached hydrogens (tertiary/aromatic N) is 2. The van der Waals surface area contributed by atoms with Crippen molar-refractivity contribution in [1.82, 2.24) is 15.1 Å². The third-order valence-electron chi connectivity index (χ3n) is 4.92. The van der Waals surface area contributed by atoms with Gasteiger partial charge in [0.2, 0.25) is 5.91 Å². The van der Waals surface area contributed by atoms with Gasteiger partial charge in [0.25, 0.3) is 0 Å². The van der Waals surface area contributed by atoms with E-state index in [1.807, 2.05) is 0 Å². The van der Waals surface area contributed by atoms with Gasteiger partial charge in [-0.05, 0) is 38.3 Å². The number of hydrogen-bond donors (Lipinski definition) is 1. The summed E-state index contributed by atoms with van der Waals surface area (Å²) in [5, 5.41) is 3.47. The summed E-state index contributed by atoms with van der Waals surface area (Å²) in [4.78, 5) is 17.1. The van der Waals surface area contributed by atoms with Gasteiger partial charge in [-0.25, -0.2) is 0 Å². The van der Waals surface area contributed by atoms with Crippen molar-refractivity contribution < 1.29 is 4.79 Å². The van der Waals surface area contributed by atoms with Gasteiger partial charge in [-0.3, -0.25) is 10.1 Å². The number of likely N-dealkylation sites (tertiary alicyclic amines) is 1. The number of amides is 1. The Bertz CT molecular complexity index is 321. The molecule has 2 fully saturated rings. The molecule has 4 atom stereocenters. The summed E-state index contributed by atoms with van der Waals surface area (Å²) in [7, 11) is 0. The van der Waals surface area contributed by atoms with E-state index in [0.717, 1.165) is 26.1 Å². The molecule has 2 rings (SSSR count). The van der Waals surface area contributed by atoms with Crippen LogP contribution in [-0.4, -0.2) is 54.1 Å². The Morgan fingerprint density at radius 3 is 2.74 bits per heavy atom. The normalized spacial score (nSPS) is 34.2. The molecule has 0 spiro atoms. The molecule has 0 saturated carbocycles. The lowest BCUT2D eigenvalue weighted by atomic mass is 9.99. The van der Waals surface area contributed by atoms with Gasteiger partial charge in [0.05, 0.1) is 12.2 Å². The fourth-order valence-electron chi connectivity index (χ4n) is 3.31. The minimum atomic E-state index is 0.0312. The van der Waals surface area contributed by atoms with Crippen LogP contribution in [0, 0.1) is 11.8 Å². The monoisotopic (exact) mass is 267 g/mol. The van der Waals surface area contributed by atoms with Crippen LogP contribution in [0.3, 0.4) is 0 Å². The first-order valence-electron chi connectivity index (χ1n) is 7.85. The topological polar surface area (TPSA) is 35.6 Å². The van der Waals surface area contributed by atoms with Crippen LogP contribution in [0.4, 0.5) is 0 Å². The molecule has 4 heteroatoms. The Morgan fingerprint density at radius 1 is 1.42 bits per heavy atom. The highest BCUT2D eigenvalue weighted by molar-refractivity contribution is 5.84. The summed E-state index contributed by atoms with van der Waals surface area (Å²) in [5.41, 5.74) is 0. The summed E-state index contributed by atoms with van der Waals surface area (Å²) >= 11 is 0. The van der Waals surface area contributed by atoms with Crippen molar-refractivity contribution in [2.45, 2.75) is 52.7 Å². The van der Waals surface area contributed by atoms with Crippen LogP contribution in [0.15, 0.2) is 0 Å². The zero-order valence-electron chi connectivity index (χ0n) is 12.9. The molecule has 110 valence electrons. The van der Waals surface area contributed by atoms with Crippen LogP contribution >= 0.6 is 0 Å². The smallest absolute Gasteiger partial charge is 0.241 e. The Morgan fingerprint density at radius 2 is 2.16 bits per heavy atom. The predicted octanol–water partition coefficient (Wildman–Crippen LogP) is 1.52. The predicted molar refractivity (Wildman–Crippen MR) is 77.8 cm³/mol. The Balaban J connectivity index is 1.92. The average molecular weight is 267 g/mol. The standard InChI is InChI=1S/C15H29N3O/c1-5-11(3)14-15(19)18(12(4)16-14)10-13-7-8-17(6-2)9-13/h11-14,16H,5-10H2,1-4H3. The molecular formula is C15H29N3O. The minimum Gasteiger partial charge on any atom is -0.326 e. The lowest BCUT2D eigenvalue weighted by molar-refractivity contribution is -0.131. The Labute approximate surface area is 117 Å². The molecule has 4 nitrogen and oxygen atoms in total. The quantitative estimate of drug-likeness (QED) is 0.820. The van der Waals surface area contributed by atoms with E-state index in [1.54, 1.807) is 0 Å². The molecule has 0 aliphatic carbocycles. The highest BCUT2D eigenvalue weighted by atomic mass is 16.2. The molecule has 0 aromatic carbocycles. The van der Waals surface area contributed by atoms with Gasteiger partial charge in [-0.1, -0.05) is 27.2 Å². The first-order valence-corrected chi connectivity index (χ1v) is 7.85. The molecule has 2 aliphatic rings. The summed E-state index contributed by atoms with van der Waals surface area (Å²) in [5.74, 6) is 1.40. The van der Waals surface area contributed by atoms with E-state index in [1.165, 1.54) is 13.0 Å². The van der Waals surface area contributed by atoms with E-state index < -0.39 is 0 Å². The molecule has 0 aromatic rings. The first-order chi connectivity index (χ1) is 9.06. The number of hydrogen-bond acceptors (Lipinski definition) is 3. The molecule has 1 N–H and O–H groups in total. The van der Waals surface area contributed by atoms with Crippen LogP contribution in [0.2, 0.25) is 0 Å². The molecule has 0 bridgehead atoms. The third-order valence-corrected chi connectivity index (χ3v) is 4.92. The van der Waals surface area contributed by atoms with Gasteiger partial charge < -0.3 is 9.80 Å². The van der Waals surface area contributed by atoms with E-state index in [4.69, 9.17) is 0 Å². The van der Waals surface area contributed by atoms with E-state index in [-0.39, 0.29) is 12.2 Å². The van der Waals surface area contributed by atoms with Crippen molar-refractivity contribution in [3.63, 3.8) is 0 Å². The second-order valence-electron chi connectivity index (χ2n) is 6.24. The van der Waals surface area contributed by atoms with Crippen molar-refractivity contribution >= 4 is 5.91 Å². The molecular weight excluding hydrogens is 238 g/mol. The highest BCUT2D eigenvalue weighted by Crippen LogP contribution is 2.23. The number of carbonyl (C=O) groups excluding carboxylic acids is 1. The SMILES string of the molecule is CCC(C)C1NC(C)N(CC2CCN(CC)C2)C1=O. The van der Waals surface area contributed by atoms with Crippen LogP contribution in [0.5, 0.6) is 0 Å². The van der Waals surface area contributed by atoms with Crippen molar-refractivity contribution in [3.05, 3.63) is 0 Å². The van der Waals surface area contributed by atoms with Gasteiger partial charge in [0.15, 0.2) is 0 Å². The number of nitrogens with one attached hydrogen (secondary N) is 1. The van der Waals surface area contributed by atoms with E-state index in [9.17, 15) is 4.79 Å². The van der Waals surface area contributed by atoms with Crippen LogP contribution < -0.4 is 5.32 Å². The Kier molecular flexibility index (Phi) is 4.85. The van der Waals surface area contributed by atoms with Gasteiger partial charge >= 0.3 is 0 Å². The van der Waals surface area contributed by atoms with Gasteiger partial charge in [0.1, 0.15) is 0 Å². The number of rotatable bonds is 5. The third kappa shape index (κ3) is 3.11. The second-order valence-corrected chi connectivity index (χ2v) is 6.24. The van der Waals surface area contributed by atoms with Crippen molar-refractivity contribution in [1.29, 1.82) is 0 Å². The van der Waals surface area contributed by atoms with Crippen LogP contribution in [0.1, 0.15) is 40.5 Å². The van der Waals surface area contributed by atoms with Gasteiger partial charge in [0, 0.05) is 13.1 Å². The van der Waals surface area contributed by atoms with E-state index in [0.29, 0.717) is 17.7 Å². The second kappa shape index (κ2) is 6.23. The molecule has 2 aliphatic heterocycles. The first kappa shape index (κ1) is 14.8. The van der Waals surface area contributed by atoms with E-state index in [2.05, 4.69) is 42.8 Å². The maximum absolute atomic E-state index is 12.5. The van der Waals surface area contributed by atoms with Crippen molar-refractivity contribution in [2.24, 2.45) is 11.8 Å². The highest BCUT2D eigenvalue weighted by Gasteiger charge is 2.40. The minimum absolute atomic E-state index is 0.0312. The summed E-state index contributed by atoms with van der Waals surface area (Å²) < 4.78 is 0. The summed E-state index contributed by atoms with van der Waals surface area (Å²) in [6.07, 6.45) is 2.48. The molecule has 4 unspecified atom stereocenters. The molecule has 1 amide bonds. The molecule has 0 radical (unpaired) electrons. The van der Waals surface area contributed by atoms with Crippen LogP contribution in [-0.2, 0) is 4.79 Å². The molecule has 2 heterocycles. The zero-order valence-corrected chi connectivity index (χ0v) is 12.9. The van der Waals surface area contributed by atoms with Crippen molar-refractivity contribution in [3.8, 4) is 0 Å². The maximum atomic E-state index is 12.5. The zero-order chi connectivity index (χ0) is 14.0. The summed E-state index contributed by atoms with van der Waals surface area (Å²) in [6, 6.07) is 0.0312. The fraction of sp³-hybridized carbons (Fsp3) is 0.933. The molecule has 19 heavy (non-hydrogen) atoms. The number of carbonyl (C=O) groups is 1.